The summed E-state index contributed by atoms with van der Waals surface area (Å²) in [5.74, 6) is 26.8. The van der Waals surface area contributed by atoms with E-state index in [4.69, 9.17) is 0 Å². The van der Waals surface area contributed by atoms with Crippen molar-refractivity contribution in [2.45, 2.75) is 626 Å². The summed E-state index contributed by atoms with van der Waals surface area (Å²) in [4.78, 5) is 0. The Labute approximate surface area is 928 Å². The van der Waals surface area contributed by atoms with Crippen LogP contribution in [0.4, 0.5) is 0 Å². The molecular weight excluding hydrogens is 1830 g/mol. The molecule has 0 heterocycles. The van der Waals surface area contributed by atoms with Gasteiger partial charge in [0.25, 0.3) is 0 Å². The molecule has 0 aromatic heterocycles. The topological polar surface area (TPSA) is 142 Å². The Morgan fingerprint density at radius 1 is 0.247 bits per heavy atom. The van der Waals surface area contributed by atoms with Crippen molar-refractivity contribution < 1.29 is 35.7 Å². The highest BCUT2D eigenvalue weighted by Crippen LogP contribution is 2.77. The van der Waals surface area contributed by atoms with Gasteiger partial charge in [-0.1, -0.05) is 287 Å². The zero-order valence-electron chi connectivity index (χ0n) is 104. The van der Waals surface area contributed by atoms with Gasteiger partial charge in [0.15, 0.2) is 0 Å². The van der Waals surface area contributed by atoms with E-state index in [2.05, 4.69) is 219 Å². The van der Waals surface area contributed by atoms with Crippen LogP contribution in [0.15, 0.2) is 34.9 Å². The Hall–Kier alpha value is -1.06. The Kier molecular flexibility index (Phi) is 38.2. The average Bonchev–Trinajstić information content (AvgIpc) is 1.44. The summed E-state index contributed by atoms with van der Waals surface area (Å²) in [6, 6.07) is 0. The fraction of sp³-hybridized carbons (Fsp3) is 0.958. The van der Waals surface area contributed by atoms with Gasteiger partial charge in [-0.3, -0.25) is 0 Å². The van der Waals surface area contributed by atoms with Crippen LogP contribution in [-0.4, -0.2) is 76.0 Å². The van der Waals surface area contributed by atoms with Gasteiger partial charge in [-0.25, -0.2) is 0 Å². The third-order valence-corrected chi connectivity index (χ3v) is 57.5. The van der Waals surface area contributed by atoms with Crippen LogP contribution in [0.25, 0.3) is 0 Å². The molecule has 0 aromatic carbocycles. The molecule has 47 atom stereocenters. The first-order valence-corrected chi connectivity index (χ1v) is 67.7. The molecule has 17 saturated carbocycles. The van der Waals surface area contributed by atoms with Crippen molar-refractivity contribution in [1.82, 2.24) is 0 Å². The molecule has 17 fully saturated rings. The van der Waals surface area contributed by atoms with Crippen LogP contribution < -0.4 is 0 Å². The van der Waals surface area contributed by atoms with Crippen LogP contribution in [0, 0.1) is 238 Å². The lowest BCUT2D eigenvalue weighted by molar-refractivity contribution is -0.152. The van der Waals surface area contributed by atoms with Crippen LogP contribution in [0.3, 0.4) is 0 Å². The minimum atomic E-state index is -0.426. The number of fused-ring (bicyclic) bond motifs is 25. The predicted octanol–water partition coefficient (Wildman–Crippen LogP) is 38.3. The Balaban J connectivity index is 0.000000133. The van der Waals surface area contributed by atoms with Gasteiger partial charge in [-0.2, -0.15) is 0 Å². The first kappa shape index (κ1) is 121. The van der Waals surface area contributed by atoms with Gasteiger partial charge < -0.3 is 35.7 Å². The van der Waals surface area contributed by atoms with Crippen molar-refractivity contribution in [3.8, 4) is 0 Å². The number of rotatable bonds is 29. The normalized spacial score (nSPS) is 48.7. The molecule has 0 aliphatic heterocycles. The zero-order valence-corrected chi connectivity index (χ0v) is 104. The van der Waals surface area contributed by atoms with Crippen molar-refractivity contribution in [2.24, 2.45) is 238 Å². The molecule has 150 heavy (non-hydrogen) atoms. The maximum Gasteiger partial charge on any atom is 0.0682 e. The van der Waals surface area contributed by atoms with Crippen molar-refractivity contribution in [1.29, 1.82) is 0 Å². The lowest BCUT2D eigenvalue weighted by Crippen LogP contribution is -2.56. The number of hydrogen-bond acceptors (Lipinski definition) is 7. The molecule has 20 aliphatic rings. The van der Waals surface area contributed by atoms with Crippen LogP contribution in [-0.2, 0) is 0 Å². The van der Waals surface area contributed by atoms with Crippen LogP contribution >= 0.6 is 0 Å². The summed E-state index contributed by atoms with van der Waals surface area (Å²) < 4.78 is 0. The highest BCUT2D eigenvalue weighted by atomic mass is 16.3. The quantitative estimate of drug-likeness (QED) is 0.0370. The molecule has 0 bridgehead atoms. The maximum absolute atomic E-state index is 11.0. The lowest BCUT2D eigenvalue weighted by atomic mass is 9.43. The summed E-state index contributed by atoms with van der Waals surface area (Å²) >= 11 is 0. The monoisotopic (exact) mass is 2080 g/mol. The van der Waals surface area contributed by atoms with Gasteiger partial charge in [-0.05, 0) is 572 Å². The van der Waals surface area contributed by atoms with E-state index in [9.17, 15) is 35.7 Å². The molecule has 7 heteroatoms. The highest BCUT2D eigenvalue weighted by molar-refractivity contribution is 5.31. The maximum atomic E-state index is 11.0. The Morgan fingerprint density at radius 3 is 0.807 bits per heavy atom. The minimum absolute atomic E-state index is 0.100. The van der Waals surface area contributed by atoms with Gasteiger partial charge >= 0.3 is 0 Å². The van der Waals surface area contributed by atoms with Gasteiger partial charge in [0.05, 0.1) is 40.2 Å². The van der Waals surface area contributed by atoms with Crippen molar-refractivity contribution in [2.75, 3.05) is 0 Å². The summed E-state index contributed by atoms with van der Waals surface area (Å²) in [6.07, 6.45) is 83.6. The number of hydrogen-bond donors (Lipinski definition) is 7. The molecule has 0 radical (unpaired) electrons. The SMILES string of the molecule is CC(C)[C@H](O)CC[C@@H](C)[C@H]1CC[C@H]2[C@@H]3CC[C@H]4C[C@@](C)(O)CC[C@]4(C)[C@H]3CC[C@]12C.CCC(C)CC[C@@H](C)[C@H]1CC[C@H]2[C@@H]3CC=C4C[C@](O)(CC)CC[C@]4(C)[C@H]3CC[C@]12C.CCC(O)CC[C@@H](C)[C@H]1CC[C@H]2[C@@H]3CC[C@H]4C[C@](O)(CC)CC[C@]4(C)[C@H]3CC[C@]12C.CC[C@@H](C)CC[C@@H](C)[C@H]1CC[C@H]2[C@@H]3CC=C4C[C@](O)(CC)CC[C@]4(C)[C@H]3CC[C@]12C.CC[C@H](C)CC[C@@H](C)[C@H]1CC[C@H]2[C@@H]3CC=C4C[C@](O)(CC)CC[C@]4(C)[C@H]3CC[C@]12C. The smallest absolute Gasteiger partial charge is 0.0682 e. The fourth-order valence-corrected chi connectivity index (χ4v) is 45.7. The van der Waals surface area contributed by atoms with E-state index in [1.54, 1.807) is 16.7 Å². The molecule has 0 amide bonds. The van der Waals surface area contributed by atoms with Gasteiger partial charge in [0, 0.05) is 0 Å². The Bertz CT molecular complexity index is 4170. The summed E-state index contributed by atoms with van der Waals surface area (Å²) in [7, 11) is 0. The van der Waals surface area contributed by atoms with Crippen molar-refractivity contribution >= 4 is 0 Å². The summed E-state index contributed by atoms with van der Waals surface area (Å²) in [5.41, 5.74) is 7.63. The third kappa shape index (κ3) is 23.1. The van der Waals surface area contributed by atoms with E-state index in [0.717, 1.165) is 287 Å². The molecule has 20 aliphatic carbocycles. The third-order valence-electron chi connectivity index (χ3n) is 57.5. The van der Waals surface area contributed by atoms with E-state index in [0.29, 0.717) is 60.1 Å². The molecule has 7 nitrogen and oxygen atoms in total. The van der Waals surface area contributed by atoms with Crippen molar-refractivity contribution in [3.63, 3.8) is 0 Å². The lowest BCUT2D eigenvalue weighted by Gasteiger charge is -2.62. The second-order valence-corrected chi connectivity index (χ2v) is 64.7. The number of aliphatic hydroxyl groups excluding tert-OH is 2. The molecule has 864 valence electrons. The van der Waals surface area contributed by atoms with E-state index in [-0.39, 0.29) is 17.8 Å². The molecule has 0 aromatic rings. The van der Waals surface area contributed by atoms with E-state index >= 15 is 0 Å². The van der Waals surface area contributed by atoms with Crippen LogP contribution in [0.1, 0.15) is 586 Å². The predicted molar refractivity (Wildman–Crippen MR) is 635 cm³/mol. The van der Waals surface area contributed by atoms with Gasteiger partial charge in [0.1, 0.15) is 0 Å². The summed E-state index contributed by atoms with van der Waals surface area (Å²) in [5, 5.41) is 75.1. The number of allylic oxidation sites excluding steroid dienone is 3. The Morgan fingerprint density at radius 2 is 0.513 bits per heavy atom. The highest BCUT2D eigenvalue weighted by Gasteiger charge is 2.69. The molecular formula is C143H250O7. The molecule has 20 rings (SSSR count). The van der Waals surface area contributed by atoms with Crippen LogP contribution in [0.5, 0.6) is 0 Å². The van der Waals surface area contributed by atoms with Crippen molar-refractivity contribution in [3.05, 3.63) is 34.9 Å². The second-order valence-electron chi connectivity index (χ2n) is 64.7. The minimum Gasteiger partial charge on any atom is -0.393 e. The largest absolute Gasteiger partial charge is 0.393 e. The molecule has 0 saturated heterocycles. The zero-order chi connectivity index (χ0) is 109. The van der Waals surface area contributed by atoms with Gasteiger partial charge in [-0.15, -0.1) is 0 Å². The summed E-state index contributed by atoms with van der Waals surface area (Å²) in [6.45, 7) is 70.6. The van der Waals surface area contributed by atoms with E-state index < -0.39 is 22.4 Å². The molecule has 2 unspecified atom stereocenters. The van der Waals surface area contributed by atoms with Gasteiger partial charge in [0.2, 0.25) is 0 Å². The number of aliphatic hydroxyl groups is 7. The second kappa shape index (κ2) is 47.3. The first-order valence-electron chi connectivity index (χ1n) is 67.7. The average molecular weight is 2080 g/mol. The molecule has 7 N–H and O–H groups in total. The van der Waals surface area contributed by atoms with E-state index in [1.807, 2.05) is 0 Å². The standard InChI is InChI=1S/3C29H50O.2C28H50O2/c3*1-7-20(3)9-10-21(4)24-13-14-25-23-12-11-22-19-29(30,8-2)18-17-27(22,5)26(23)15-16-28(24,25)6;1-18(2)25(29)12-7-19(3)22-10-11-23-21-9-8-20-17-26(4,30)15-16-27(20,5)24(21)13-14-28(22,23)6;1-6-21(29)10-8-19(3)23-12-13-24-22-11-9-20-18-28(30,7-2)17-16-26(20,4)25(22)14-15-27(23,24)5/h3*11,20-21,23-26,30H,7-10,12-19H2,1-6H3;18-25,29-30H,7-17H2,1-6H3;19-25,29-30H,6-18H2,1-5H3/t20?,21-,23+,24-,25+,26+,27+,28-,29+;20-,21+,23-,24+,25-,26-,27-,28+,29-;20-,21-,23+,24-,25+,26+,27+,28-,29+;19-,20+,21+,22-,23+,24+,25-,26+,27+,28-;19-,20+,21?,22+,23-,24+,25+,26+,27-,28+/m10111/s1. The van der Waals surface area contributed by atoms with Crippen LogP contribution in [0.2, 0.25) is 0 Å². The first-order chi connectivity index (χ1) is 70.6. The van der Waals surface area contributed by atoms with E-state index in [1.165, 1.54) is 276 Å². The fourth-order valence-electron chi connectivity index (χ4n) is 45.7. The molecule has 0 spiro atoms.